The highest BCUT2D eigenvalue weighted by atomic mass is 19.4. The topological polar surface area (TPSA) is 72.5 Å². The molecule has 0 unspecified atom stereocenters. The number of aromatic nitrogens is 4. The predicted octanol–water partition coefficient (Wildman–Crippen LogP) is 3.47. The molecule has 2 aromatic heterocycles. The van der Waals surface area contributed by atoms with Gasteiger partial charge in [0.05, 0.1) is 5.56 Å². The van der Waals surface area contributed by atoms with Gasteiger partial charge in [0.15, 0.2) is 5.65 Å². The van der Waals surface area contributed by atoms with Crippen molar-refractivity contribution in [1.29, 1.82) is 0 Å². The van der Waals surface area contributed by atoms with Crippen LogP contribution in [0.25, 0.3) is 17.0 Å². The van der Waals surface area contributed by atoms with Crippen molar-refractivity contribution in [3.05, 3.63) is 81.9 Å². The van der Waals surface area contributed by atoms with E-state index in [2.05, 4.69) is 10.1 Å². The minimum Gasteiger partial charge on any atom is -0.310 e. The Morgan fingerprint density at radius 2 is 1.82 bits per heavy atom. The number of anilines is 1. The van der Waals surface area contributed by atoms with Gasteiger partial charge in [0.1, 0.15) is 12.4 Å². The van der Waals surface area contributed by atoms with Gasteiger partial charge in [-0.25, -0.2) is 18.9 Å². The summed E-state index contributed by atoms with van der Waals surface area (Å²) in [5.74, 6) is -0.111. The van der Waals surface area contributed by atoms with Crippen molar-refractivity contribution in [2.75, 3.05) is 11.4 Å². The molecule has 0 N–H and O–H groups in total. The van der Waals surface area contributed by atoms with Crippen LogP contribution in [0.1, 0.15) is 16.8 Å². The van der Waals surface area contributed by atoms with Gasteiger partial charge in [-0.05, 0) is 37.1 Å². The van der Waals surface area contributed by atoms with Crippen molar-refractivity contribution in [3.63, 3.8) is 0 Å². The molecular formula is C23H18F3N5O2. The first-order chi connectivity index (χ1) is 15.7. The molecule has 4 aromatic rings. The van der Waals surface area contributed by atoms with Gasteiger partial charge in [0, 0.05) is 29.6 Å². The maximum atomic E-state index is 13.1. The molecule has 10 heteroatoms. The van der Waals surface area contributed by atoms with Crippen LogP contribution >= 0.6 is 0 Å². The first kappa shape index (κ1) is 20.9. The summed E-state index contributed by atoms with van der Waals surface area (Å²) in [6.07, 6.45) is -3.73. The number of hydrogen-bond donors (Lipinski definition) is 0. The molecule has 7 nitrogen and oxygen atoms in total. The molecule has 0 saturated carbocycles. The van der Waals surface area contributed by atoms with Crippen LogP contribution in [-0.4, -0.2) is 31.6 Å². The smallest absolute Gasteiger partial charge is 0.310 e. The normalized spacial score (nSPS) is 13.5. The number of halogens is 3. The fourth-order valence-corrected chi connectivity index (χ4v) is 4.07. The molecule has 2 aromatic carbocycles. The van der Waals surface area contributed by atoms with Crippen LogP contribution in [0, 0.1) is 6.92 Å². The van der Waals surface area contributed by atoms with Crippen molar-refractivity contribution in [2.24, 2.45) is 0 Å². The second kappa shape index (κ2) is 7.58. The van der Waals surface area contributed by atoms with Gasteiger partial charge in [-0.2, -0.15) is 13.2 Å². The van der Waals surface area contributed by atoms with E-state index in [-0.39, 0.29) is 23.9 Å². The minimum absolute atomic E-state index is 0.161. The van der Waals surface area contributed by atoms with E-state index in [0.717, 1.165) is 34.5 Å². The van der Waals surface area contributed by atoms with Gasteiger partial charge in [-0.3, -0.25) is 4.79 Å². The van der Waals surface area contributed by atoms with Crippen LogP contribution < -0.4 is 10.6 Å². The maximum absolute atomic E-state index is 13.1. The Hall–Kier alpha value is -3.95. The molecular weight excluding hydrogens is 435 g/mol. The number of fused-ring (bicyclic) bond motifs is 2. The molecule has 0 atom stereocenters. The van der Waals surface area contributed by atoms with E-state index < -0.39 is 17.4 Å². The number of benzene rings is 2. The largest absolute Gasteiger partial charge is 0.416 e. The van der Waals surface area contributed by atoms with Gasteiger partial charge in [0.2, 0.25) is 5.91 Å². The van der Waals surface area contributed by atoms with Crippen LogP contribution in [-0.2, 0) is 23.9 Å². The number of nitrogens with zero attached hydrogens (tertiary/aromatic N) is 5. The molecule has 0 saturated heterocycles. The van der Waals surface area contributed by atoms with Crippen LogP contribution in [0.15, 0.2) is 59.4 Å². The van der Waals surface area contributed by atoms with E-state index in [9.17, 15) is 22.8 Å². The lowest BCUT2D eigenvalue weighted by molar-refractivity contribution is -0.137. The molecule has 168 valence electrons. The standard InChI is InChI=1S/C23H18F3N5O2/c1-14-12-19-28-30(13-20(32)29-11-10-15-4-2-3-5-18(15)29)22(33)31(19)21(27-14)16-6-8-17(9-7-16)23(24,25)26/h2-9,12H,10-11,13H2,1H3. The van der Waals surface area contributed by atoms with E-state index in [1.165, 1.54) is 16.5 Å². The first-order valence-electron chi connectivity index (χ1n) is 10.3. The first-order valence-corrected chi connectivity index (χ1v) is 10.3. The lowest BCUT2D eigenvalue weighted by Crippen LogP contribution is -2.35. The van der Waals surface area contributed by atoms with Crippen molar-refractivity contribution < 1.29 is 18.0 Å². The van der Waals surface area contributed by atoms with Gasteiger partial charge in [-0.15, -0.1) is 5.10 Å². The quantitative estimate of drug-likeness (QED) is 0.476. The average molecular weight is 453 g/mol. The van der Waals surface area contributed by atoms with E-state index in [1.54, 1.807) is 17.9 Å². The second-order valence-corrected chi connectivity index (χ2v) is 7.85. The lowest BCUT2D eigenvalue weighted by Gasteiger charge is -2.16. The molecule has 0 radical (unpaired) electrons. The van der Waals surface area contributed by atoms with Crippen LogP contribution in [0.4, 0.5) is 18.9 Å². The number of hydrogen-bond acceptors (Lipinski definition) is 4. The molecule has 1 aliphatic rings. The second-order valence-electron chi connectivity index (χ2n) is 7.85. The molecule has 1 aliphatic heterocycles. The fraction of sp³-hybridized carbons (Fsp3) is 0.217. The lowest BCUT2D eigenvalue weighted by atomic mass is 10.1. The maximum Gasteiger partial charge on any atom is 0.416 e. The Morgan fingerprint density at radius 3 is 2.55 bits per heavy atom. The number of aryl methyl sites for hydroxylation is 1. The van der Waals surface area contributed by atoms with Gasteiger partial charge in [-0.1, -0.05) is 30.3 Å². The van der Waals surface area contributed by atoms with Crippen LogP contribution in [0.2, 0.25) is 0 Å². The third kappa shape index (κ3) is 3.67. The summed E-state index contributed by atoms with van der Waals surface area (Å²) in [7, 11) is 0. The number of carbonyl (C=O) groups is 1. The number of rotatable bonds is 3. The van der Waals surface area contributed by atoms with Crippen molar-refractivity contribution in [1.82, 2.24) is 19.2 Å². The number of carbonyl (C=O) groups excluding carboxylic acids is 1. The molecule has 33 heavy (non-hydrogen) atoms. The Balaban J connectivity index is 1.52. The van der Waals surface area contributed by atoms with Crippen molar-refractivity contribution in [3.8, 4) is 11.4 Å². The van der Waals surface area contributed by atoms with Gasteiger partial charge in [0.25, 0.3) is 0 Å². The molecule has 0 fully saturated rings. The molecule has 0 bridgehead atoms. The van der Waals surface area contributed by atoms with Crippen LogP contribution in [0.5, 0.6) is 0 Å². The summed E-state index contributed by atoms with van der Waals surface area (Å²) in [5, 5.41) is 4.28. The zero-order valence-electron chi connectivity index (χ0n) is 17.5. The fourth-order valence-electron chi connectivity index (χ4n) is 4.07. The highest BCUT2D eigenvalue weighted by Crippen LogP contribution is 2.31. The molecule has 5 rings (SSSR count). The molecule has 0 spiro atoms. The summed E-state index contributed by atoms with van der Waals surface area (Å²) in [6.45, 7) is 1.96. The summed E-state index contributed by atoms with van der Waals surface area (Å²) >= 11 is 0. The van der Waals surface area contributed by atoms with Crippen molar-refractivity contribution in [2.45, 2.75) is 26.1 Å². The van der Waals surface area contributed by atoms with E-state index in [1.807, 2.05) is 24.3 Å². The highest BCUT2D eigenvalue weighted by Gasteiger charge is 2.30. The zero-order valence-corrected chi connectivity index (χ0v) is 17.5. The Bertz CT molecular complexity index is 1440. The Morgan fingerprint density at radius 1 is 1.09 bits per heavy atom. The Labute approximate surface area is 185 Å². The third-order valence-electron chi connectivity index (χ3n) is 5.64. The monoisotopic (exact) mass is 453 g/mol. The van der Waals surface area contributed by atoms with Gasteiger partial charge < -0.3 is 4.90 Å². The van der Waals surface area contributed by atoms with Crippen LogP contribution in [0.3, 0.4) is 0 Å². The van der Waals surface area contributed by atoms with E-state index in [4.69, 9.17) is 0 Å². The summed E-state index contributed by atoms with van der Waals surface area (Å²) < 4.78 is 41.1. The summed E-state index contributed by atoms with van der Waals surface area (Å²) in [4.78, 5) is 32.1. The molecule has 0 aliphatic carbocycles. The predicted molar refractivity (Wildman–Crippen MR) is 115 cm³/mol. The average Bonchev–Trinajstić information content (AvgIpc) is 3.34. The Kier molecular flexibility index (Phi) is 4.80. The van der Waals surface area contributed by atoms with Gasteiger partial charge >= 0.3 is 11.9 Å². The third-order valence-corrected chi connectivity index (χ3v) is 5.64. The highest BCUT2D eigenvalue weighted by molar-refractivity contribution is 5.95. The molecule has 3 heterocycles. The summed E-state index contributed by atoms with van der Waals surface area (Å²) in [6, 6.07) is 13.6. The summed E-state index contributed by atoms with van der Waals surface area (Å²) in [5.41, 5.74) is 1.63. The number of alkyl halides is 3. The zero-order chi connectivity index (χ0) is 23.3. The number of amides is 1. The number of para-hydroxylation sites is 1. The minimum atomic E-state index is -4.47. The van der Waals surface area contributed by atoms with E-state index in [0.29, 0.717) is 17.8 Å². The SMILES string of the molecule is Cc1cc2nn(CC(=O)N3CCc4ccccc43)c(=O)n2c(-c2ccc(C(F)(F)F)cc2)n1. The molecule has 1 amide bonds. The van der Waals surface area contributed by atoms with E-state index >= 15 is 0 Å². The van der Waals surface area contributed by atoms with Crippen molar-refractivity contribution >= 4 is 17.2 Å².